The summed E-state index contributed by atoms with van der Waals surface area (Å²) in [5.74, 6) is 1.49. The molecule has 0 amide bonds. The van der Waals surface area contributed by atoms with Gasteiger partial charge in [-0.15, -0.1) is 11.8 Å². The molecule has 3 heteroatoms. The summed E-state index contributed by atoms with van der Waals surface area (Å²) in [5.41, 5.74) is 8.26. The van der Waals surface area contributed by atoms with Crippen LogP contribution in [0.25, 0.3) is 0 Å². The Kier molecular flexibility index (Phi) is 4.39. The standard InChI is InChI=1S/C17H25NOS/c18-12-17(19)9-2-5-15(17)8-10-20-16-7-6-13-3-1-4-14(13)11-16/h6-7,11,15,19H,1-5,8-10,12,18H2. The molecule has 0 bridgehead atoms. The Morgan fingerprint density at radius 2 is 2.10 bits per heavy atom. The molecule has 0 heterocycles. The number of thioether (sulfide) groups is 1. The van der Waals surface area contributed by atoms with Gasteiger partial charge in [0, 0.05) is 11.4 Å². The van der Waals surface area contributed by atoms with Gasteiger partial charge in [-0.3, -0.25) is 0 Å². The van der Waals surface area contributed by atoms with E-state index in [1.165, 1.54) is 24.2 Å². The van der Waals surface area contributed by atoms with Gasteiger partial charge in [-0.2, -0.15) is 0 Å². The van der Waals surface area contributed by atoms with Crippen molar-refractivity contribution in [1.29, 1.82) is 0 Å². The summed E-state index contributed by atoms with van der Waals surface area (Å²) >= 11 is 1.93. The molecule has 0 aromatic heterocycles. The molecule has 3 rings (SSSR count). The fourth-order valence-corrected chi connectivity index (χ4v) is 4.79. The SMILES string of the molecule is NCC1(O)CCCC1CCSc1ccc2c(c1)CCC2. The van der Waals surface area contributed by atoms with E-state index in [1.807, 2.05) is 11.8 Å². The van der Waals surface area contributed by atoms with E-state index in [4.69, 9.17) is 5.73 Å². The molecule has 1 aromatic carbocycles. The number of benzene rings is 1. The first-order valence-corrected chi connectivity index (χ1v) is 8.87. The summed E-state index contributed by atoms with van der Waals surface area (Å²) in [7, 11) is 0. The summed E-state index contributed by atoms with van der Waals surface area (Å²) in [6.07, 6.45) is 8.05. The van der Waals surface area contributed by atoms with E-state index >= 15 is 0 Å². The molecule has 1 fully saturated rings. The lowest BCUT2D eigenvalue weighted by molar-refractivity contribution is 0.0104. The zero-order valence-corrected chi connectivity index (χ0v) is 12.9. The van der Waals surface area contributed by atoms with Crippen LogP contribution in [0.1, 0.15) is 43.2 Å². The fourth-order valence-electron chi connectivity index (χ4n) is 3.77. The number of hydrogen-bond acceptors (Lipinski definition) is 3. The smallest absolute Gasteiger partial charge is 0.0797 e. The summed E-state index contributed by atoms with van der Waals surface area (Å²) in [6.45, 7) is 0.418. The van der Waals surface area contributed by atoms with Crippen molar-refractivity contribution < 1.29 is 5.11 Å². The maximum Gasteiger partial charge on any atom is 0.0797 e. The number of nitrogens with two attached hydrogens (primary N) is 1. The molecule has 1 aromatic rings. The molecule has 2 unspecified atom stereocenters. The zero-order chi connectivity index (χ0) is 14.0. The Labute approximate surface area is 126 Å². The third kappa shape index (κ3) is 2.90. The van der Waals surface area contributed by atoms with E-state index in [0.717, 1.165) is 31.4 Å². The first kappa shape index (κ1) is 14.4. The number of aliphatic hydroxyl groups is 1. The van der Waals surface area contributed by atoms with Crippen molar-refractivity contribution >= 4 is 11.8 Å². The molecule has 1 saturated carbocycles. The van der Waals surface area contributed by atoms with Crippen molar-refractivity contribution in [2.75, 3.05) is 12.3 Å². The lowest BCUT2D eigenvalue weighted by Crippen LogP contribution is -2.41. The largest absolute Gasteiger partial charge is 0.388 e. The minimum Gasteiger partial charge on any atom is -0.388 e. The molecule has 0 aliphatic heterocycles. The minimum absolute atomic E-state index is 0.398. The van der Waals surface area contributed by atoms with Crippen molar-refractivity contribution in [3.8, 4) is 0 Å². The average Bonchev–Trinajstić information content (AvgIpc) is 3.06. The van der Waals surface area contributed by atoms with E-state index in [-0.39, 0.29) is 0 Å². The van der Waals surface area contributed by atoms with Crippen LogP contribution in [-0.4, -0.2) is 23.0 Å². The van der Waals surface area contributed by atoms with Gasteiger partial charge in [0.2, 0.25) is 0 Å². The molecule has 2 aliphatic carbocycles. The minimum atomic E-state index is -0.585. The van der Waals surface area contributed by atoms with E-state index < -0.39 is 5.60 Å². The molecule has 20 heavy (non-hydrogen) atoms. The second-order valence-electron chi connectivity index (χ2n) is 6.32. The number of fused-ring (bicyclic) bond motifs is 1. The topological polar surface area (TPSA) is 46.2 Å². The highest BCUT2D eigenvalue weighted by molar-refractivity contribution is 7.99. The summed E-state index contributed by atoms with van der Waals surface area (Å²) < 4.78 is 0. The third-order valence-electron chi connectivity index (χ3n) is 5.08. The normalized spacial score (nSPS) is 28.8. The predicted molar refractivity (Wildman–Crippen MR) is 85.2 cm³/mol. The molecular formula is C17H25NOS. The second-order valence-corrected chi connectivity index (χ2v) is 7.49. The van der Waals surface area contributed by atoms with Crippen LogP contribution < -0.4 is 5.73 Å². The molecule has 0 radical (unpaired) electrons. The van der Waals surface area contributed by atoms with E-state index in [0.29, 0.717) is 12.5 Å². The van der Waals surface area contributed by atoms with Crippen LogP contribution in [0.2, 0.25) is 0 Å². The lowest BCUT2D eigenvalue weighted by Gasteiger charge is -2.28. The van der Waals surface area contributed by atoms with Gasteiger partial charge in [0.05, 0.1) is 5.60 Å². The molecule has 0 saturated heterocycles. The molecule has 2 aliphatic rings. The fraction of sp³-hybridized carbons (Fsp3) is 0.647. The maximum absolute atomic E-state index is 10.4. The van der Waals surface area contributed by atoms with Gasteiger partial charge < -0.3 is 10.8 Å². The zero-order valence-electron chi connectivity index (χ0n) is 12.1. The number of hydrogen-bond donors (Lipinski definition) is 2. The highest BCUT2D eigenvalue weighted by atomic mass is 32.2. The number of aryl methyl sites for hydroxylation is 2. The van der Waals surface area contributed by atoms with E-state index in [1.54, 1.807) is 11.1 Å². The van der Waals surface area contributed by atoms with Crippen LogP contribution in [-0.2, 0) is 12.8 Å². The monoisotopic (exact) mass is 291 g/mol. The van der Waals surface area contributed by atoms with Crippen LogP contribution in [0.5, 0.6) is 0 Å². The van der Waals surface area contributed by atoms with E-state index in [2.05, 4.69) is 18.2 Å². The molecule has 3 N–H and O–H groups in total. The van der Waals surface area contributed by atoms with Crippen LogP contribution in [0.4, 0.5) is 0 Å². The summed E-state index contributed by atoms with van der Waals surface area (Å²) in [4.78, 5) is 1.39. The van der Waals surface area contributed by atoms with Crippen LogP contribution in [0, 0.1) is 5.92 Å². The summed E-state index contributed by atoms with van der Waals surface area (Å²) in [6, 6.07) is 6.94. The first-order valence-electron chi connectivity index (χ1n) is 7.88. The van der Waals surface area contributed by atoms with Gasteiger partial charge in [0.25, 0.3) is 0 Å². The van der Waals surface area contributed by atoms with Gasteiger partial charge in [0.15, 0.2) is 0 Å². The van der Waals surface area contributed by atoms with Crippen molar-refractivity contribution in [2.45, 2.75) is 55.4 Å². The van der Waals surface area contributed by atoms with Crippen molar-refractivity contribution in [3.05, 3.63) is 29.3 Å². The second kappa shape index (κ2) is 6.08. The highest BCUT2D eigenvalue weighted by Gasteiger charge is 2.39. The molecule has 110 valence electrons. The third-order valence-corrected chi connectivity index (χ3v) is 6.11. The molecule has 2 nitrogen and oxygen atoms in total. The Balaban J connectivity index is 1.53. The highest BCUT2D eigenvalue weighted by Crippen LogP contribution is 2.38. The van der Waals surface area contributed by atoms with E-state index in [9.17, 15) is 5.11 Å². The van der Waals surface area contributed by atoms with Gasteiger partial charge >= 0.3 is 0 Å². The van der Waals surface area contributed by atoms with Crippen molar-refractivity contribution in [3.63, 3.8) is 0 Å². The maximum atomic E-state index is 10.4. The lowest BCUT2D eigenvalue weighted by atomic mass is 9.89. The van der Waals surface area contributed by atoms with Crippen LogP contribution in [0.15, 0.2) is 23.1 Å². The van der Waals surface area contributed by atoms with Crippen molar-refractivity contribution in [1.82, 2.24) is 0 Å². The van der Waals surface area contributed by atoms with Crippen LogP contribution >= 0.6 is 11.8 Å². The van der Waals surface area contributed by atoms with Gasteiger partial charge in [-0.1, -0.05) is 12.5 Å². The van der Waals surface area contributed by atoms with Crippen LogP contribution in [0.3, 0.4) is 0 Å². The Bertz CT molecular complexity index is 476. The predicted octanol–water partition coefficient (Wildman–Crippen LogP) is 3.15. The molecule has 0 spiro atoms. The quantitative estimate of drug-likeness (QED) is 0.819. The van der Waals surface area contributed by atoms with Crippen molar-refractivity contribution in [2.24, 2.45) is 11.7 Å². The first-order chi connectivity index (χ1) is 9.71. The number of rotatable bonds is 5. The molecule has 2 atom stereocenters. The van der Waals surface area contributed by atoms with Gasteiger partial charge in [-0.25, -0.2) is 0 Å². The van der Waals surface area contributed by atoms with Gasteiger partial charge in [0.1, 0.15) is 0 Å². The Morgan fingerprint density at radius 3 is 2.95 bits per heavy atom. The Hall–Kier alpha value is -0.510. The summed E-state index contributed by atoms with van der Waals surface area (Å²) in [5, 5.41) is 10.4. The Morgan fingerprint density at radius 1 is 1.25 bits per heavy atom. The average molecular weight is 291 g/mol. The molecular weight excluding hydrogens is 266 g/mol. The van der Waals surface area contributed by atoms with Gasteiger partial charge in [-0.05, 0) is 73.5 Å².